The van der Waals surface area contributed by atoms with E-state index in [1.807, 2.05) is 13.8 Å². The molecule has 1 atom stereocenters. The van der Waals surface area contributed by atoms with Gasteiger partial charge in [0.2, 0.25) is 0 Å². The molecule has 1 N–H and O–H groups in total. The highest BCUT2D eigenvalue weighted by atomic mass is 32.2. The maximum Gasteiger partial charge on any atom is 0.151 e. The van der Waals surface area contributed by atoms with Crippen LogP contribution in [0.2, 0.25) is 0 Å². The highest BCUT2D eigenvalue weighted by Crippen LogP contribution is 2.06. The van der Waals surface area contributed by atoms with Crippen molar-refractivity contribution in [1.29, 1.82) is 0 Å². The standard InChI is InChI=1S/C13H29NO2S/c1-11(2)6-7-13(5)14-8-9-17(15,16)10-12(3)4/h11-14H,6-10H2,1-5H3. The summed E-state index contributed by atoms with van der Waals surface area (Å²) < 4.78 is 23.3. The van der Waals surface area contributed by atoms with Crippen LogP contribution in [-0.2, 0) is 9.84 Å². The van der Waals surface area contributed by atoms with Crippen LogP contribution in [0, 0.1) is 11.8 Å². The van der Waals surface area contributed by atoms with Gasteiger partial charge in [0, 0.05) is 12.6 Å². The van der Waals surface area contributed by atoms with Crippen molar-refractivity contribution in [2.45, 2.75) is 53.5 Å². The van der Waals surface area contributed by atoms with Gasteiger partial charge >= 0.3 is 0 Å². The summed E-state index contributed by atoms with van der Waals surface area (Å²) in [4.78, 5) is 0. The second-order valence-electron chi connectivity index (χ2n) is 5.83. The Labute approximate surface area is 107 Å². The van der Waals surface area contributed by atoms with Gasteiger partial charge in [-0.05, 0) is 31.6 Å². The van der Waals surface area contributed by atoms with Crippen LogP contribution in [0.5, 0.6) is 0 Å². The molecule has 0 aromatic heterocycles. The quantitative estimate of drug-likeness (QED) is 0.695. The zero-order chi connectivity index (χ0) is 13.5. The third kappa shape index (κ3) is 10.8. The second kappa shape index (κ2) is 8.09. The number of nitrogens with one attached hydrogen (secondary N) is 1. The topological polar surface area (TPSA) is 46.2 Å². The van der Waals surface area contributed by atoms with Crippen LogP contribution in [0.4, 0.5) is 0 Å². The summed E-state index contributed by atoms with van der Waals surface area (Å²) >= 11 is 0. The first-order valence-corrected chi connectivity index (χ1v) is 8.49. The molecule has 0 aromatic carbocycles. The van der Waals surface area contributed by atoms with E-state index in [0.717, 1.165) is 6.42 Å². The molecule has 0 saturated heterocycles. The third-order valence-corrected chi connectivity index (χ3v) is 4.67. The molecular weight excluding hydrogens is 234 g/mol. The molecule has 0 aliphatic carbocycles. The van der Waals surface area contributed by atoms with Gasteiger partial charge in [-0.15, -0.1) is 0 Å². The van der Waals surface area contributed by atoms with Crippen LogP contribution in [0.25, 0.3) is 0 Å². The Morgan fingerprint density at radius 3 is 2.00 bits per heavy atom. The number of hydrogen-bond donors (Lipinski definition) is 1. The minimum Gasteiger partial charge on any atom is -0.313 e. The molecule has 0 radical (unpaired) electrons. The smallest absolute Gasteiger partial charge is 0.151 e. The van der Waals surface area contributed by atoms with Crippen LogP contribution in [0.15, 0.2) is 0 Å². The summed E-state index contributed by atoms with van der Waals surface area (Å²) in [5.74, 6) is 1.49. The van der Waals surface area contributed by atoms with Gasteiger partial charge in [-0.25, -0.2) is 8.42 Å². The van der Waals surface area contributed by atoms with E-state index in [-0.39, 0.29) is 11.7 Å². The van der Waals surface area contributed by atoms with Gasteiger partial charge in [-0.2, -0.15) is 0 Å². The van der Waals surface area contributed by atoms with Gasteiger partial charge in [0.1, 0.15) is 0 Å². The normalized spacial score (nSPS) is 14.5. The van der Waals surface area contributed by atoms with E-state index >= 15 is 0 Å². The lowest BCUT2D eigenvalue weighted by molar-refractivity contribution is 0.458. The SMILES string of the molecule is CC(C)CCC(C)NCCS(=O)(=O)CC(C)C. The monoisotopic (exact) mass is 263 g/mol. The largest absolute Gasteiger partial charge is 0.313 e. The van der Waals surface area contributed by atoms with Crippen molar-refractivity contribution in [3.63, 3.8) is 0 Å². The van der Waals surface area contributed by atoms with Crippen molar-refractivity contribution in [2.24, 2.45) is 11.8 Å². The average Bonchev–Trinajstić information content (AvgIpc) is 2.12. The highest BCUT2D eigenvalue weighted by Gasteiger charge is 2.13. The average molecular weight is 263 g/mol. The predicted molar refractivity (Wildman–Crippen MR) is 75.0 cm³/mol. The summed E-state index contributed by atoms with van der Waals surface area (Å²) in [7, 11) is -2.87. The molecule has 0 heterocycles. The van der Waals surface area contributed by atoms with Gasteiger partial charge in [0.15, 0.2) is 9.84 Å². The van der Waals surface area contributed by atoms with E-state index < -0.39 is 9.84 Å². The van der Waals surface area contributed by atoms with Crippen LogP contribution in [0.1, 0.15) is 47.5 Å². The molecule has 0 bridgehead atoms. The Balaban J connectivity index is 3.75. The molecule has 0 amide bonds. The zero-order valence-corrected chi connectivity index (χ0v) is 12.8. The van der Waals surface area contributed by atoms with Crippen molar-refractivity contribution in [2.75, 3.05) is 18.1 Å². The number of sulfone groups is 1. The first-order valence-electron chi connectivity index (χ1n) is 6.66. The molecule has 3 nitrogen and oxygen atoms in total. The van der Waals surface area contributed by atoms with Crippen molar-refractivity contribution >= 4 is 9.84 Å². The molecular formula is C13H29NO2S. The number of rotatable bonds is 9. The van der Waals surface area contributed by atoms with E-state index in [1.54, 1.807) is 0 Å². The predicted octanol–water partition coefficient (Wildman–Crippen LogP) is 2.47. The molecule has 0 aromatic rings. The molecule has 104 valence electrons. The fraction of sp³-hybridized carbons (Fsp3) is 1.00. The summed E-state index contributed by atoms with van der Waals surface area (Å²) in [6.07, 6.45) is 2.30. The molecule has 0 aliphatic rings. The fourth-order valence-electron chi connectivity index (χ4n) is 1.74. The molecule has 4 heteroatoms. The van der Waals surface area contributed by atoms with Gasteiger partial charge in [-0.1, -0.05) is 27.7 Å². The van der Waals surface area contributed by atoms with Crippen LogP contribution in [0.3, 0.4) is 0 Å². The van der Waals surface area contributed by atoms with E-state index in [4.69, 9.17) is 0 Å². The van der Waals surface area contributed by atoms with Crippen LogP contribution < -0.4 is 5.32 Å². The Morgan fingerprint density at radius 2 is 1.53 bits per heavy atom. The van der Waals surface area contributed by atoms with Crippen LogP contribution >= 0.6 is 0 Å². The summed E-state index contributed by atoms with van der Waals surface area (Å²) in [6, 6.07) is 0.409. The van der Waals surface area contributed by atoms with Crippen molar-refractivity contribution in [3.05, 3.63) is 0 Å². The number of hydrogen-bond acceptors (Lipinski definition) is 3. The van der Waals surface area contributed by atoms with E-state index in [1.165, 1.54) is 6.42 Å². The van der Waals surface area contributed by atoms with E-state index in [2.05, 4.69) is 26.1 Å². The summed E-state index contributed by atoms with van der Waals surface area (Å²) in [6.45, 7) is 11.0. The lowest BCUT2D eigenvalue weighted by Crippen LogP contribution is -2.32. The highest BCUT2D eigenvalue weighted by molar-refractivity contribution is 7.91. The van der Waals surface area contributed by atoms with Crippen molar-refractivity contribution < 1.29 is 8.42 Å². The van der Waals surface area contributed by atoms with E-state index in [0.29, 0.717) is 24.3 Å². The lowest BCUT2D eigenvalue weighted by Gasteiger charge is -2.15. The van der Waals surface area contributed by atoms with Gasteiger partial charge in [-0.3, -0.25) is 0 Å². The Bertz CT molecular complexity index is 284. The third-order valence-electron chi connectivity index (χ3n) is 2.67. The van der Waals surface area contributed by atoms with Gasteiger partial charge in [0.05, 0.1) is 11.5 Å². The van der Waals surface area contributed by atoms with Gasteiger partial charge < -0.3 is 5.32 Å². The minimum atomic E-state index is -2.87. The molecule has 0 saturated carbocycles. The van der Waals surface area contributed by atoms with Crippen LogP contribution in [-0.4, -0.2) is 32.5 Å². The Kier molecular flexibility index (Phi) is 8.05. The lowest BCUT2D eigenvalue weighted by atomic mass is 10.0. The molecule has 0 rings (SSSR count). The summed E-state index contributed by atoms with van der Waals surface area (Å²) in [5, 5.41) is 3.29. The second-order valence-corrected chi connectivity index (χ2v) is 8.06. The molecule has 17 heavy (non-hydrogen) atoms. The van der Waals surface area contributed by atoms with Gasteiger partial charge in [0.25, 0.3) is 0 Å². The molecule has 0 aliphatic heterocycles. The fourth-order valence-corrected chi connectivity index (χ4v) is 3.35. The molecule has 0 fully saturated rings. The first-order chi connectivity index (χ1) is 7.73. The zero-order valence-electron chi connectivity index (χ0n) is 12.0. The molecule has 0 spiro atoms. The Hall–Kier alpha value is -0.0900. The first kappa shape index (κ1) is 16.9. The van der Waals surface area contributed by atoms with Crippen molar-refractivity contribution in [1.82, 2.24) is 5.32 Å². The Morgan fingerprint density at radius 1 is 0.941 bits per heavy atom. The maximum absolute atomic E-state index is 11.6. The molecule has 1 unspecified atom stereocenters. The van der Waals surface area contributed by atoms with Crippen molar-refractivity contribution in [3.8, 4) is 0 Å². The minimum absolute atomic E-state index is 0.221. The van der Waals surface area contributed by atoms with E-state index in [9.17, 15) is 8.42 Å². The maximum atomic E-state index is 11.6. The summed E-state index contributed by atoms with van der Waals surface area (Å²) in [5.41, 5.74) is 0.